The molecule has 0 rings (SSSR count). The van der Waals surface area contributed by atoms with E-state index in [2.05, 4.69) is 123 Å². The topological polar surface area (TPSA) is 108 Å². The molecule has 0 aliphatic heterocycles. The Morgan fingerprint density at radius 3 is 1.16 bits per heavy atom. The first-order valence-corrected chi connectivity index (χ1v) is 30.6. The Kier molecular flexibility index (Phi) is 51.1. The van der Waals surface area contributed by atoms with Crippen LogP contribution in [0.4, 0.5) is 0 Å². The van der Waals surface area contributed by atoms with Crippen LogP contribution >= 0.6 is 7.82 Å². The van der Waals surface area contributed by atoms with Gasteiger partial charge in [0, 0.05) is 12.8 Å². The number of quaternary nitrogens is 1. The fourth-order valence-corrected chi connectivity index (χ4v) is 8.34. The molecule has 10 heteroatoms. The predicted octanol–water partition coefficient (Wildman–Crippen LogP) is 18.2. The van der Waals surface area contributed by atoms with Crippen molar-refractivity contribution < 1.29 is 42.1 Å². The van der Waals surface area contributed by atoms with Gasteiger partial charge in [0.15, 0.2) is 6.10 Å². The Balaban J connectivity index is 3.95. The van der Waals surface area contributed by atoms with Crippen LogP contribution in [-0.2, 0) is 32.7 Å². The van der Waals surface area contributed by atoms with Crippen molar-refractivity contribution in [2.45, 2.75) is 232 Å². The number of carbonyl (C=O) groups excluding carboxylic acids is 2. The number of likely N-dealkylation sites (N-methyl/N-ethyl adjacent to an activating group) is 1. The highest BCUT2D eigenvalue weighted by molar-refractivity contribution is 7.47. The van der Waals surface area contributed by atoms with E-state index < -0.39 is 26.5 Å². The number of phosphoric acid groups is 1. The minimum absolute atomic E-state index is 0.0290. The van der Waals surface area contributed by atoms with Gasteiger partial charge >= 0.3 is 19.8 Å². The van der Waals surface area contributed by atoms with Gasteiger partial charge in [-0.15, -0.1) is 0 Å². The Bertz CT molecular complexity index is 1600. The van der Waals surface area contributed by atoms with E-state index in [1.807, 2.05) is 21.1 Å². The molecule has 73 heavy (non-hydrogen) atoms. The van der Waals surface area contributed by atoms with E-state index in [0.29, 0.717) is 17.4 Å². The highest BCUT2D eigenvalue weighted by atomic mass is 31.2. The van der Waals surface area contributed by atoms with Gasteiger partial charge in [-0.2, -0.15) is 0 Å². The third-order valence-corrected chi connectivity index (χ3v) is 13.1. The number of hydrogen-bond donors (Lipinski definition) is 1. The van der Waals surface area contributed by atoms with Crippen molar-refractivity contribution in [1.29, 1.82) is 0 Å². The molecule has 0 bridgehead atoms. The summed E-state index contributed by atoms with van der Waals surface area (Å²) in [5, 5.41) is 0. The second-order valence-corrected chi connectivity index (χ2v) is 21.8. The molecule has 0 fully saturated rings. The van der Waals surface area contributed by atoms with Gasteiger partial charge in [-0.1, -0.05) is 239 Å². The number of ether oxygens (including phenoxy) is 2. The van der Waals surface area contributed by atoms with Crippen LogP contribution in [-0.4, -0.2) is 74.9 Å². The van der Waals surface area contributed by atoms with E-state index in [1.165, 1.54) is 96.3 Å². The molecule has 0 spiro atoms. The minimum Gasteiger partial charge on any atom is -0.462 e. The zero-order valence-corrected chi connectivity index (χ0v) is 48.2. The van der Waals surface area contributed by atoms with E-state index in [0.717, 1.165) is 96.3 Å². The molecule has 9 nitrogen and oxygen atoms in total. The zero-order chi connectivity index (χ0) is 53.5. The van der Waals surface area contributed by atoms with E-state index in [1.54, 1.807) is 0 Å². The number of unbranched alkanes of at least 4 members (excludes halogenated alkanes) is 20. The molecular formula is C63H109NO8P+. The van der Waals surface area contributed by atoms with Gasteiger partial charge in [-0.25, -0.2) is 4.57 Å². The van der Waals surface area contributed by atoms with Crippen LogP contribution in [0, 0.1) is 0 Å². The number of nitrogens with zero attached hydrogens (tertiary/aromatic N) is 1. The maximum Gasteiger partial charge on any atom is 0.472 e. The van der Waals surface area contributed by atoms with Gasteiger partial charge in [0.1, 0.15) is 19.8 Å². The molecule has 0 amide bonds. The molecule has 0 aliphatic rings. The van der Waals surface area contributed by atoms with Crippen molar-refractivity contribution in [3.63, 3.8) is 0 Å². The van der Waals surface area contributed by atoms with Crippen molar-refractivity contribution in [2.75, 3.05) is 47.5 Å². The molecule has 2 atom stereocenters. The normalized spacial score (nSPS) is 14.1. The van der Waals surface area contributed by atoms with Crippen molar-refractivity contribution in [1.82, 2.24) is 0 Å². The van der Waals surface area contributed by atoms with Crippen LogP contribution < -0.4 is 0 Å². The average Bonchev–Trinajstić information content (AvgIpc) is 3.35. The molecule has 0 radical (unpaired) electrons. The lowest BCUT2D eigenvalue weighted by molar-refractivity contribution is -0.870. The Morgan fingerprint density at radius 2 is 0.781 bits per heavy atom. The summed E-state index contributed by atoms with van der Waals surface area (Å²) in [5.41, 5.74) is 0. The van der Waals surface area contributed by atoms with Crippen molar-refractivity contribution >= 4 is 19.8 Å². The SMILES string of the molecule is CC/C=C\C/C=C\C/C=C\C/C=C\C/C=C\C/C=C\C/C=C\C/C=C\C/C=C\CCCCCCCCCCCCCCCC(=O)OC(COC(=O)CCCCCCCCCC)COP(=O)(O)OCC[N+](C)(C)C. The van der Waals surface area contributed by atoms with Gasteiger partial charge in [0.2, 0.25) is 0 Å². The Labute approximate surface area is 448 Å². The zero-order valence-electron chi connectivity index (χ0n) is 47.3. The summed E-state index contributed by atoms with van der Waals surface area (Å²) in [6, 6.07) is 0. The second-order valence-electron chi connectivity index (χ2n) is 20.3. The molecule has 1 N–H and O–H groups in total. The van der Waals surface area contributed by atoms with Crippen LogP contribution in [0.15, 0.2) is 109 Å². The molecule has 0 saturated carbocycles. The summed E-state index contributed by atoms with van der Waals surface area (Å²) >= 11 is 0. The lowest BCUT2D eigenvalue weighted by atomic mass is 10.0. The fraction of sp³-hybridized carbons (Fsp3) is 0.683. The maximum atomic E-state index is 12.7. The van der Waals surface area contributed by atoms with Gasteiger partial charge in [-0.3, -0.25) is 18.6 Å². The van der Waals surface area contributed by atoms with Crippen molar-refractivity contribution in [3.8, 4) is 0 Å². The Morgan fingerprint density at radius 1 is 0.438 bits per heavy atom. The minimum atomic E-state index is -4.38. The summed E-state index contributed by atoms with van der Waals surface area (Å²) < 4.78 is 34.3. The van der Waals surface area contributed by atoms with E-state index in [-0.39, 0.29) is 32.0 Å². The maximum absolute atomic E-state index is 12.7. The molecule has 0 aromatic rings. The highest BCUT2D eigenvalue weighted by Gasteiger charge is 2.27. The van der Waals surface area contributed by atoms with E-state index in [9.17, 15) is 19.0 Å². The van der Waals surface area contributed by atoms with Crippen LogP contribution in [0.3, 0.4) is 0 Å². The molecule has 0 aromatic carbocycles. The van der Waals surface area contributed by atoms with Crippen molar-refractivity contribution in [3.05, 3.63) is 109 Å². The predicted molar refractivity (Wildman–Crippen MR) is 311 cm³/mol. The van der Waals surface area contributed by atoms with Gasteiger partial charge in [-0.05, 0) is 83.5 Å². The van der Waals surface area contributed by atoms with E-state index in [4.69, 9.17) is 18.5 Å². The molecule has 2 unspecified atom stereocenters. The molecular weight excluding hydrogens is 930 g/mol. The quantitative estimate of drug-likeness (QED) is 0.0211. The largest absolute Gasteiger partial charge is 0.472 e. The number of allylic oxidation sites excluding steroid dienone is 18. The number of carbonyl (C=O) groups is 2. The number of esters is 2. The summed E-state index contributed by atoms with van der Waals surface area (Å²) in [4.78, 5) is 35.4. The molecule has 418 valence electrons. The summed E-state index contributed by atoms with van der Waals surface area (Å²) in [5.74, 6) is -0.805. The second kappa shape index (κ2) is 53.5. The standard InChI is InChI=1S/C63H108NO8P/c1-6-8-10-12-14-16-17-18-19-20-21-22-23-24-25-26-27-28-29-30-31-32-33-34-35-36-37-38-39-40-41-42-43-44-45-46-47-48-50-52-54-56-63(66)72-61(60-71-73(67,68)70-58-57-64(3,4)5)59-69-62(65)55-53-51-49-15-13-11-9-7-2/h8,10,14,16,18-19,21-22,24-25,27-28,30-31,33-34,36-37,61H,6-7,9,11-13,15,17,20,23,26,29,32,35,38-60H2,1-5H3/p+1/b10-8-,16-14-,19-18-,22-21-,25-24-,28-27-,31-30-,34-33-,37-36-. The first-order valence-electron chi connectivity index (χ1n) is 29.1. The third-order valence-electron chi connectivity index (χ3n) is 12.1. The summed E-state index contributed by atoms with van der Waals surface area (Å²) in [6.07, 6.45) is 74.8. The number of hydrogen-bond acceptors (Lipinski definition) is 7. The monoisotopic (exact) mass is 1040 g/mol. The molecule has 0 saturated heterocycles. The van der Waals surface area contributed by atoms with Gasteiger partial charge < -0.3 is 18.9 Å². The van der Waals surface area contributed by atoms with Crippen LogP contribution in [0.2, 0.25) is 0 Å². The molecule has 0 aromatic heterocycles. The third kappa shape index (κ3) is 57.8. The summed E-state index contributed by atoms with van der Waals surface area (Å²) in [7, 11) is 1.47. The first-order chi connectivity index (χ1) is 35.5. The smallest absolute Gasteiger partial charge is 0.462 e. The van der Waals surface area contributed by atoms with Crippen LogP contribution in [0.5, 0.6) is 0 Å². The van der Waals surface area contributed by atoms with Gasteiger partial charge in [0.05, 0.1) is 27.7 Å². The highest BCUT2D eigenvalue weighted by Crippen LogP contribution is 2.43. The Hall–Kier alpha value is -3.33. The molecule has 0 aliphatic carbocycles. The molecule has 0 heterocycles. The van der Waals surface area contributed by atoms with Gasteiger partial charge in [0.25, 0.3) is 0 Å². The average molecular weight is 1040 g/mol. The number of rotatable bonds is 52. The number of phosphoric ester groups is 1. The van der Waals surface area contributed by atoms with Crippen molar-refractivity contribution in [2.24, 2.45) is 0 Å². The van der Waals surface area contributed by atoms with Crippen LogP contribution in [0.25, 0.3) is 0 Å². The lowest BCUT2D eigenvalue weighted by Gasteiger charge is -2.24. The van der Waals surface area contributed by atoms with E-state index >= 15 is 0 Å². The fourth-order valence-electron chi connectivity index (χ4n) is 7.60. The summed E-state index contributed by atoms with van der Waals surface area (Å²) in [6.45, 7) is 4.27. The first kappa shape index (κ1) is 69.7. The van der Waals surface area contributed by atoms with Crippen LogP contribution in [0.1, 0.15) is 226 Å². The lowest BCUT2D eigenvalue weighted by Crippen LogP contribution is -2.37.